The zero-order valence-corrected chi connectivity index (χ0v) is 19.3. The third-order valence-electron chi connectivity index (χ3n) is 7.27. The fraction of sp³-hybridized carbons (Fsp3) is 0.520. The van der Waals surface area contributed by atoms with E-state index >= 15 is 0 Å². The van der Waals surface area contributed by atoms with Gasteiger partial charge in [-0.1, -0.05) is 18.2 Å². The molecule has 2 aromatic carbocycles. The number of fused-ring (bicyclic) bond motifs is 3. The molecule has 4 aliphatic heterocycles. The minimum Gasteiger partial charge on any atom is -0.495 e. The Morgan fingerprint density at radius 1 is 1.06 bits per heavy atom. The predicted octanol–water partition coefficient (Wildman–Crippen LogP) is 1.19. The van der Waals surface area contributed by atoms with Crippen LogP contribution in [0.15, 0.2) is 42.5 Å². The number of aliphatic hydroxyl groups excluding tert-OH is 1. The molecule has 3 saturated heterocycles. The third kappa shape index (κ3) is 3.97. The van der Waals surface area contributed by atoms with Crippen molar-refractivity contribution in [2.75, 3.05) is 51.6 Å². The van der Waals surface area contributed by atoms with Gasteiger partial charge in [0.25, 0.3) is 0 Å². The van der Waals surface area contributed by atoms with E-state index in [9.17, 15) is 5.11 Å². The second kappa shape index (κ2) is 9.24. The van der Waals surface area contributed by atoms with Gasteiger partial charge in [0.15, 0.2) is 17.8 Å². The van der Waals surface area contributed by atoms with Crippen LogP contribution in [0.2, 0.25) is 0 Å². The number of piperazine rings is 1. The normalized spacial score (nSPS) is 30.5. The predicted molar refractivity (Wildman–Crippen MR) is 124 cm³/mol. The topological polar surface area (TPSA) is 84.9 Å². The molecule has 6 rings (SSSR count). The Morgan fingerprint density at radius 3 is 2.74 bits per heavy atom. The van der Waals surface area contributed by atoms with Gasteiger partial charge in [0, 0.05) is 32.7 Å². The highest BCUT2D eigenvalue weighted by molar-refractivity contribution is 5.58. The molecule has 4 aliphatic rings. The Balaban J connectivity index is 1.11. The maximum absolute atomic E-state index is 11.4. The summed E-state index contributed by atoms with van der Waals surface area (Å²) >= 11 is 0. The molecule has 4 heterocycles. The number of hydrogen-bond acceptors (Lipinski definition) is 9. The van der Waals surface area contributed by atoms with Crippen LogP contribution in [-0.2, 0) is 16.0 Å². The summed E-state index contributed by atoms with van der Waals surface area (Å²) in [7, 11) is 1.70. The molecular formula is C25H31N3O6. The lowest BCUT2D eigenvalue weighted by Crippen LogP contribution is -2.66. The smallest absolute Gasteiger partial charge is 0.231 e. The number of nitrogens with zero attached hydrogens (tertiary/aromatic N) is 2. The van der Waals surface area contributed by atoms with Crippen LogP contribution in [0, 0.1) is 0 Å². The Labute approximate surface area is 199 Å². The molecule has 182 valence electrons. The van der Waals surface area contributed by atoms with Gasteiger partial charge < -0.3 is 39.0 Å². The minimum atomic E-state index is -0.599. The Kier molecular flexibility index (Phi) is 5.96. The summed E-state index contributed by atoms with van der Waals surface area (Å²) in [6.45, 7) is 4.64. The summed E-state index contributed by atoms with van der Waals surface area (Å²) in [5, 5.41) is 14.9. The molecule has 0 aliphatic carbocycles. The summed E-state index contributed by atoms with van der Waals surface area (Å²) < 4.78 is 28.6. The van der Waals surface area contributed by atoms with Gasteiger partial charge in [0.05, 0.1) is 37.6 Å². The largest absolute Gasteiger partial charge is 0.495 e. The number of methoxy groups -OCH3 is 1. The van der Waals surface area contributed by atoms with Gasteiger partial charge in [-0.25, -0.2) is 0 Å². The maximum atomic E-state index is 11.4. The van der Waals surface area contributed by atoms with Crippen LogP contribution >= 0.6 is 0 Å². The SMILES string of the molecule is COc1ccccc1N1CCN(C2C3OCC(O3)C(NCc3ccc4c(c3)OCO4)C2O)CC1. The molecule has 9 heteroatoms. The van der Waals surface area contributed by atoms with Crippen molar-refractivity contribution in [2.24, 2.45) is 0 Å². The molecule has 3 fully saturated rings. The number of benzene rings is 2. The molecule has 0 amide bonds. The van der Waals surface area contributed by atoms with E-state index in [1.807, 2.05) is 36.4 Å². The molecule has 2 aromatic rings. The van der Waals surface area contributed by atoms with E-state index < -0.39 is 12.4 Å². The van der Waals surface area contributed by atoms with E-state index in [1.54, 1.807) is 7.11 Å². The Morgan fingerprint density at radius 2 is 1.88 bits per heavy atom. The fourth-order valence-electron chi connectivity index (χ4n) is 5.48. The molecule has 5 atom stereocenters. The van der Waals surface area contributed by atoms with Gasteiger partial charge in [0.1, 0.15) is 11.9 Å². The van der Waals surface area contributed by atoms with E-state index in [2.05, 4.69) is 21.2 Å². The summed E-state index contributed by atoms with van der Waals surface area (Å²) in [6.07, 6.45) is -1.17. The van der Waals surface area contributed by atoms with Crippen molar-refractivity contribution < 1.29 is 28.8 Å². The molecule has 0 radical (unpaired) electrons. The van der Waals surface area contributed by atoms with Gasteiger partial charge >= 0.3 is 0 Å². The molecular weight excluding hydrogens is 438 g/mol. The van der Waals surface area contributed by atoms with Crippen LogP contribution in [0.25, 0.3) is 0 Å². The monoisotopic (exact) mass is 469 g/mol. The van der Waals surface area contributed by atoms with Crippen LogP contribution < -0.4 is 24.4 Å². The highest BCUT2D eigenvalue weighted by atomic mass is 16.7. The summed E-state index contributed by atoms with van der Waals surface area (Å²) in [5.74, 6) is 2.41. The molecule has 5 unspecified atom stereocenters. The van der Waals surface area contributed by atoms with Crippen LogP contribution in [0.1, 0.15) is 5.56 Å². The number of hydrogen-bond donors (Lipinski definition) is 2. The van der Waals surface area contributed by atoms with Crippen molar-refractivity contribution in [3.8, 4) is 17.2 Å². The van der Waals surface area contributed by atoms with Gasteiger partial charge in [-0.2, -0.15) is 0 Å². The molecule has 0 spiro atoms. The van der Waals surface area contributed by atoms with Crippen LogP contribution in [0.5, 0.6) is 17.2 Å². The zero-order chi connectivity index (χ0) is 23.1. The van der Waals surface area contributed by atoms with Crippen LogP contribution in [0.4, 0.5) is 5.69 Å². The average molecular weight is 470 g/mol. The van der Waals surface area contributed by atoms with E-state index in [-0.39, 0.29) is 25.0 Å². The van der Waals surface area contributed by atoms with Gasteiger partial charge in [-0.15, -0.1) is 0 Å². The van der Waals surface area contributed by atoms with E-state index in [0.717, 1.165) is 54.7 Å². The number of aliphatic hydroxyl groups is 1. The first-order valence-corrected chi connectivity index (χ1v) is 11.9. The van der Waals surface area contributed by atoms with Crippen molar-refractivity contribution in [1.82, 2.24) is 10.2 Å². The molecule has 0 saturated carbocycles. The van der Waals surface area contributed by atoms with E-state index in [0.29, 0.717) is 13.2 Å². The third-order valence-corrected chi connectivity index (χ3v) is 7.27. The van der Waals surface area contributed by atoms with Gasteiger partial charge in [-0.3, -0.25) is 4.90 Å². The molecule has 2 N–H and O–H groups in total. The van der Waals surface area contributed by atoms with E-state index in [4.69, 9.17) is 23.7 Å². The number of para-hydroxylation sites is 2. The Hall–Kier alpha value is -2.56. The molecule has 2 bridgehead atoms. The summed E-state index contributed by atoms with van der Waals surface area (Å²) in [6, 6.07) is 13.6. The lowest BCUT2D eigenvalue weighted by Gasteiger charge is -2.47. The number of ether oxygens (including phenoxy) is 5. The lowest BCUT2D eigenvalue weighted by molar-refractivity contribution is -0.183. The van der Waals surface area contributed by atoms with Crippen LogP contribution in [-0.4, -0.2) is 87.3 Å². The number of nitrogens with one attached hydrogen (secondary N) is 1. The molecule has 0 aromatic heterocycles. The quantitative estimate of drug-likeness (QED) is 0.648. The lowest BCUT2D eigenvalue weighted by atomic mass is 9.94. The van der Waals surface area contributed by atoms with Crippen LogP contribution in [0.3, 0.4) is 0 Å². The number of anilines is 1. The van der Waals surface area contributed by atoms with Crippen molar-refractivity contribution >= 4 is 5.69 Å². The molecule has 9 nitrogen and oxygen atoms in total. The minimum absolute atomic E-state index is 0.167. The van der Waals surface area contributed by atoms with Crippen molar-refractivity contribution in [3.63, 3.8) is 0 Å². The van der Waals surface area contributed by atoms with Gasteiger partial charge in [0.2, 0.25) is 6.79 Å². The average Bonchev–Trinajstić information content (AvgIpc) is 3.52. The van der Waals surface area contributed by atoms with Crippen molar-refractivity contribution in [3.05, 3.63) is 48.0 Å². The maximum Gasteiger partial charge on any atom is 0.231 e. The first-order chi connectivity index (χ1) is 16.7. The van der Waals surface area contributed by atoms with Crippen molar-refractivity contribution in [1.29, 1.82) is 0 Å². The zero-order valence-electron chi connectivity index (χ0n) is 19.3. The summed E-state index contributed by atoms with van der Waals surface area (Å²) in [5.41, 5.74) is 2.17. The van der Waals surface area contributed by atoms with E-state index in [1.165, 1.54) is 0 Å². The fourth-order valence-corrected chi connectivity index (χ4v) is 5.48. The second-order valence-electron chi connectivity index (χ2n) is 9.15. The first-order valence-electron chi connectivity index (χ1n) is 11.9. The highest BCUT2D eigenvalue weighted by Crippen LogP contribution is 2.35. The first kappa shape index (κ1) is 21.9. The number of rotatable bonds is 6. The van der Waals surface area contributed by atoms with Gasteiger partial charge in [-0.05, 0) is 29.8 Å². The second-order valence-corrected chi connectivity index (χ2v) is 9.15. The summed E-state index contributed by atoms with van der Waals surface area (Å²) in [4.78, 5) is 4.64. The molecule has 34 heavy (non-hydrogen) atoms. The Bertz CT molecular complexity index is 1010. The standard InChI is InChI=1S/C25H31N3O6/c1-30-18-5-3-2-4-17(18)27-8-10-28(11-9-27)23-24(29)22(21-14-31-25(23)34-21)26-13-16-6-7-19-20(12-16)33-15-32-19/h2-7,12,21-26,29H,8-11,13-15H2,1H3. The highest BCUT2D eigenvalue weighted by Gasteiger charge is 2.52. The van der Waals surface area contributed by atoms with Crippen molar-refractivity contribution in [2.45, 2.75) is 37.1 Å².